The van der Waals surface area contributed by atoms with Gasteiger partial charge in [0.2, 0.25) is 0 Å². The fraction of sp³-hybridized carbons (Fsp3) is 0.200. The van der Waals surface area contributed by atoms with Crippen LogP contribution in [0.5, 0.6) is 0 Å². The molecule has 10 heteroatoms. The molecule has 0 spiro atoms. The van der Waals surface area contributed by atoms with E-state index in [1.165, 1.54) is 6.92 Å². The highest BCUT2D eigenvalue weighted by Gasteiger charge is 2.21. The molecule has 0 radical (unpaired) electrons. The SMILES string of the molecule is CC(OC(=O)CNC(=O)c1ccc(F)cc1F)C(=O)NC(=O)NCc1ccccc1. The zero-order valence-corrected chi connectivity index (χ0v) is 15.9. The lowest BCUT2D eigenvalue weighted by molar-refractivity contribution is -0.153. The van der Waals surface area contributed by atoms with Gasteiger partial charge in [0, 0.05) is 12.6 Å². The largest absolute Gasteiger partial charge is 0.451 e. The molecule has 0 aliphatic heterocycles. The van der Waals surface area contributed by atoms with Gasteiger partial charge in [-0.15, -0.1) is 0 Å². The van der Waals surface area contributed by atoms with E-state index in [0.717, 1.165) is 17.7 Å². The van der Waals surface area contributed by atoms with Crippen LogP contribution in [0, 0.1) is 11.6 Å². The topological polar surface area (TPSA) is 114 Å². The van der Waals surface area contributed by atoms with E-state index in [4.69, 9.17) is 4.74 Å². The fourth-order valence-corrected chi connectivity index (χ4v) is 2.25. The number of halogens is 2. The Morgan fingerprint density at radius 2 is 1.70 bits per heavy atom. The molecule has 2 aromatic rings. The first-order valence-corrected chi connectivity index (χ1v) is 8.81. The third kappa shape index (κ3) is 6.97. The number of carbonyl (C=O) groups is 4. The number of ether oxygens (including phenoxy) is 1. The van der Waals surface area contributed by atoms with Crippen molar-refractivity contribution in [1.82, 2.24) is 16.0 Å². The van der Waals surface area contributed by atoms with Crippen molar-refractivity contribution in [3.05, 3.63) is 71.3 Å². The van der Waals surface area contributed by atoms with Crippen LogP contribution < -0.4 is 16.0 Å². The van der Waals surface area contributed by atoms with Gasteiger partial charge >= 0.3 is 12.0 Å². The predicted octanol–water partition coefficient (Wildman–Crippen LogP) is 1.65. The predicted molar refractivity (Wildman–Crippen MR) is 101 cm³/mol. The second-order valence-electron chi connectivity index (χ2n) is 6.10. The molecule has 1 atom stereocenters. The van der Waals surface area contributed by atoms with E-state index in [9.17, 15) is 28.0 Å². The molecular weight excluding hydrogens is 400 g/mol. The number of carbonyl (C=O) groups excluding carboxylic acids is 4. The van der Waals surface area contributed by atoms with Gasteiger partial charge in [-0.3, -0.25) is 19.7 Å². The number of hydrogen-bond acceptors (Lipinski definition) is 5. The number of imide groups is 1. The van der Waals surface area contributed by atoms with E-state index in [1.807, 2.05) is 11.4 Å². The van der Waals surface area contributed by atoms with E-state index < -0.39 is 53.7 Å². The summed E-state index contributed by atoms with van der Waals surface area (Å²) in [6.07, 6.45) is -1.32. The maximum atomic E-state index is 13.5. The molecule has 0 heterocycles. The summed E-state index contributed by atoms with van der Waals surface area (Å²) in [5, 5.41) is 6.59. The van der Waals surface area contributed by atoms with Gasteiger partial charge in [-0.2, -0.15) is 0 Å². The second kappa shape index (κ2) is 10.6. The Hall–Kier alpha value is -3.82. The molecule has 2 rings (SSSR count). The summed E-state index contributed by atoms with van der Waals surface area (Å²) in [6.45, 7) is 0.771. The average Bonchev–Trinajstić information content (AvgIpc) is 2.71. The molecule has 3 N–H and O–H groups in total. The maximum Gasteiger partial charge on any atom is 0.326 e. The van der Waals surface area contributed by atoms with Crippen molar-refractivity contribution in [1.29, 1.82) is 0 Å². The smallest absolute Gasteiger partial charge is 0.326 e. The first-order valence-electron chi connectivity index (χ1n) is 8.81. The molecule has 0 aliphatic carbocycles. The van der Waals surface area contributed by atoms with Crippen LogP contribution in [0.1, 0.15) is 22.8 Å². The Balaban J connectivity index is 1.74. The van der Waals surface area contributed by atoms with Crippen molar-refractivity contribution in [2.45, 2.75) is 19.6 Å². The number of nitrogens with one attached hydrogen (secondary N) is 3. The molecule has 0 aliphatic rings. The number of amides is 4. The summed E-state index contributed by atoms with van der Waals surface area (Å²) >= 11 is 0. The molecule has 8 nitrogen and oxygen atoms in total. The summed E-state index contributed by atoms with van der Waals surface area (Å²) in [4.78, 5) is 47.2. The van der Waals surface area contributed by atoms with Crippen LogP contribution in [0.4, 0.5) is 13.6 Å². The van der Waals surface area contributed by atoms with E-state index in [2.05, 4.69) is 10.6 Å². The lowest BCUT2D eigenvalue weighted by atomic mass is 10.2. The molecule has 0 fully saturated rings. The quantitative estimate of drug-likeness (QED) is 0.591. The zero-order valence-electron chi connectivity index (χ0n) is 15.9. The first-order chi connectivity index (χ1) is 14.3. The number of rotatable bonds is 7. The molecule has 158 valence electrons. The van der Waals surface area contributed by atoms with E-state index in [1.54, 1.807) is 24.3 Å². The van der Waals surface area contributed by atoms with Crippen LogP contribution in [0.2, 0.25) is 0 Å². The van der Waals surface area contributed by atoms with Crippen molar-refractivity contribution in [3.8, 4) is 0 Å². The summed E-state index contributed by atoms with van der Waals surface area (Å²) in [5.74, 6) is -4.75. The van der Waals surface area contributed by atoms with Crippen LogP contribution in [-0.2, 0) is 20.9 Å². The minimum absolute atomic E-state index is 0.195. The Morgan fingerprint density at radius 3 is 2.37 bits per heavy atom. The number of benzene rings is 2. The molecule has 0 bridgehead atoms. The van der Waals surface area contributed by atoms with Gasteiger partial charge in [0.15, 0.2) is 6.10 Å². The maximum absolute atomic E-state index is 13.5. The van der Waals surface area contributed by atoms with Crippen molar-refractivity contribution < 1.29 is 32.7 Å². The van der Waals surface area contributed by atoms with Gasteiger partial charge < -0.3 is 15.4 Å². The second-order valence-corrected chi connectivity index (χ2v) is 6.10. The molecular formula is C20H19F2N3O5. The first kappa shape index (κ1) is 22.5. The third-order valence-electron chi connectivity index (χ3n) is 3.78. The highest BCUT2D eigenvalue weighted by atomic mass is 19.1. The van der Waals surface area contributed by atoms with Crippen LogP contribution in [0.25, 0.3) is 0 Å². The highest BCUT2D eigenvalue weighted by molar-refractivity contribution is 5.98. The molecule has 0 saturated carbocycles. The van der Waals surface area contributed by atoms with Gasteiger partial charge in [-0.25, -0.2) is 13.6 Å². The third-order valence-corrected chi connectivity index (χ3v) is 3.78. The Kier molecular flexibility index (Phi) is 7.98. The lowest BCUT2D eigenvalue weighted by Gasteiger charge is -2.14. The number of hydrogen-bond donors (Lipinski definition) is 3. The summed E-state index contributed by atoms with van der Waals surface area (Å²) in [5.41, 5.74) is 0.373. The summed E-state index contributed by atoms with van der Waals surface area (Å²) in [6, 6.07) is 10.6. The van der Waals surface area contributed by atoms with E-state index >= 15 is 0 Å². The minimum Gasteiger partial charge on any atom is -0.451 e. The number of urea groups is 1. The monoisotopic (exact) mass is 419 g/mol. The van der Waals surface area contributed by atoms with Gasteiger partial charge in [-0.1, -0.05) is 30.3 Å². The van der Waals surface area contributed by atoms with Gasteiger partial charge in [-0.05, 0) is 24.6 Å². The van der Waals surface area contributed by atoms with Crippen molar-refractivity contribution in [2.75, 3.05) is 6.54 Å². The van der Waals surface area contributed by atoms with Crippen molar-refractivity contribution in [2.24, 2.45) is 0 Å². The van der Waals surface area contributed by atoms with Crippen LogP contribution >= 0.6 is 0 Å². The minimum atomic E-state index is -1.32. The van der Waals surface area contributed by atoms with E-state index in [-0.39, 0.29) is 6.54 Å². The fourth-order valence-electron chi connectivity index (χ4n) is 2.25. The highest BCUT2D eigenvalue weighted by Crippen LogP contribution is 2.09. The van der Waals surface area contributed by atoms with Gasteiger partial charge in [0.1, 0.15) is 18.2 Å². The molecule has 4 amide bonds. The zero-order chi connectivity index (χ0) is 22.1. The van der Waals surface area contributed by atoms with E-state index in [0.29, 0.717) is 6.07 Å². The molecule has 0 aromatic heterocycles. The van der Waals surface area contributed by atoms with Crippen molar-refractivity contribution in [3.63, 3.8) is 0 Å². The Labute approximate surface area is 170 Å². The molecule has 1 unspecified atom stereocenters. The normalized spacial score (nSPS) is 11.2. The summed E-state index contributed by atoms with van der Waals surface area (Å²) < 4.78 is 31.2. The molecule has 2 aromatic carbocycles. The Morgan fingerprint density at radius 1 is 1.00 bits per heavy atom. The number of esters is 1. The van der Waals surface area contributed by atoms with Crippen LogP contribution in [0.15, 0.2) is 48.5 Å². The summed E-state index contributed by atoms with van der Waals surface area (Å²) in [7, 11) is 0. The standard InChI is InChI=1S/C20H19F2N3O5/c1-12(18(27)25-20(29)24-10-13-5-3-2-4-6-13)30-17(26)11-23-19(28)15-8-7-14(21)9-16(15)22/h2-9,12H,10-11H2,1H3,(H,23,28)(H2,24,25,27,29). The lowest BCUT2D eigenvalue weighted by Crippen LogP contribution is -2.45. The van der Waals surface area contributed by atoms with Crippen LogP contribution in [-0.4, -0.2) is 36.5 Å². The molecule has 0 saturated heterocycles. The van der Waals surface area contributed by atoms with Crippen molar-refractivity contribution >= 4 is 23.8 Å². The van der Waals surface area contributed by atoms with Gasteiger partial charge in [0.05, 0.1) is 5.56 Å². The average molecular weight is 419 g/mol. The van der Waals surface area contributed by atoms with Crippen LogP contribution in [0.3, 0.4) is 0 Å². The Bertz CT molecular complexity index is 937. The molecule has 30 heavy (non-hydrogen) atoms. The van der Waals surface area contributed by atoms with Gasteiger partial charge in [0.25, 0.3) is 11.8 Å².